The second-order valence-corrected chi connectivity index (χ2v) is 9.45. The molecule has 2 amide bonds. The molecule has 1 heterocycles. The number of carbonyl (C=O) groups is 3. The van der Waals surface area contributed by atoms with Crippen LogP contribution in [-0.2, 0) is 11.8 Å². The fraction of sp³-hybridized carbons (Fsp3) is 0.0968. The summed E-state index contributed by atoms with van der Waals surface area (Å²) in [4.78, 5) is 38.0. The lowest BCUT2D eigenvalue weighted by atomic mass is 10.0. The minimum atomic E-state index is -0.314. The first-order valence-electron chi connectivity index (χ1n) is 12.4. The molecule has 3 aromatic carbocycles. The first kappa shape index (κ1) is 25.9. The van der Waals surface area contributed by atoms with Gasteiger partial charge in [0.2, 0.25) is 0 Å². The summed E-state index contributed by atoms with van der Waals surface area (Å²) in [5.74, 6) is -0.145. The number of aryl methyl sites for hydroxylation is 1. The van der Waals surface area contributed by atoms with Gasteiger partial charge in [-0.25, -0.2) is 0 Å². The van der Waals surface area contributed by atoms with Crippen LogP contribution in [0.25, 0.3) is 11.3 Å². The second kappa shape index (κ2) is 11.3. The van der Waals surface area contributed by atoms with Gasteiger partial charge in [0.05, 0.1) is 11.3 Å². The van der Waals surface area contributed by atoms with Crippen molar-refractivity contribution in [3.63, 3.8) is 0 Å². The molecule has 0 aliphatic heterocycles. The molecule has 0 radical (unpaired) electrons. The molecular weight excluding hydrogens is 512 g/mol. The number of carbonyl (C=O) groups excluding carboxylic acids is 3. The van der Waals surface area contributed by atoms with Crippen LogP contribution in [0.3, 0.4) is 0 Å². The van der Waals surface area contributed by atoms with Crippen LogP contribution in [0.4, 0.5) is 11.5 Å². The molecule has 1 aromatic heterocycles. The summed E-state index contributed by atoms with van der Waals surface area (Å²) >= 11 is 6.16. The van der Waals surface area contributed by atoms with Crippen molar-refractivity contribution in [1.29, 1.82) is 0 Å². The zero-order valence-corrected chi connectivity index (χ0v) is 21.9. The first-order valence-corrected chi connectivity index (χ1v) is 12.8. The number of allylic oxidation sites excluding steroid dienone is 2. The Morgan fingerprint density at radius 1 is 0.769 bits per heavy atom. The number of rotatable bonds is 7. The van der Waals surface area contributed by atoms with Crippen LogP contribution in [0.2, 0.25) is 0 Å². The van der Waals surface area contributed by atoms with E-state index < -0.39 is 0 Å². The summed E-state index contributed by atoms with van der Waals surface area (Å²) < 4.78 is 1.58. The lowest BCUT2D eigenvalue weighted by molar-refractivity contribution is -0.112. The van der Waals surface area contributed by atoms with Gasteiger partial charge in [-0.2, -0.15) is 5.10 Å². The van der Waals surface area contributed by atoms with Crippen molar-refractivity contribution >= 4 is 40.7 Å². The van der Waals surface area contributed by atoms with E-state index in [1.165, 1.54) is 0 Å². The van der Waals surface area contributed by atoms with Crippen LogP contribution in [0.5, 0.6) is 0 Å². The summed E-state index contributed by atoms with van der Waals surface area (Å²) in [7, 11) is 1.74. The zero-order chi connectivity index (χ0) is 27.4. The number of hydrogen-bond donors (Lipinski definition) is 2. The smallest absolute Gasteiger partial charge is 0.256 e. The molecule has 0 spiro atoms. The van der Waals surface area contributed by atoms with Gasteiger partial charge in [-0.3, -0.25) is 19.1 Å². The van der Waals surface area contributed by atoms with E-state index in [1.54, 1.807) is 66.3 Å². The maximum absolute atomic E-state index is 12.9. The van der Waals surface area contributed by atoms with E-state index in [-0.39, 0.29) is 17.6 Å². The Bertz CT molecular complexity index is 1600. The van der Waals surface area contributed by atoms with Crippen LogP contribution in [0.15, 0.2) is 108 Å². The minimum absolute atomic E-state index is 0.101. The summed E-state index contributed by atoms with van der Waals surface area (Å²) in [6, 6.07) is 24.6. The molecule has 5 rings (SSSR count). The van der Waals surface area contributed by atoms with Gasteiger partial charge in [0, 0.05) is 46.1 Å². The number of aromatic nitrogens is 2. The van der Waals surface area contributed by atoms with Crippen molar-refractivity contribution in [3.05, 3.63) is 124 Å². The lowest BCUT2D eigenvalue weighted by Crippen LogP contribution is -2.15. The Kier molecular flexibility index (Phi) is 7.52. The maximum atomic E-state index is 12.9. The average Bonchev–Trinajstić information content (AvgIpc) is 3.33. The SMILES string of the molecule is Cn1nc(-c2ccc(NC(=O)C3=CCCC=C3Cl)cc2)cc1NC(=O)c1ccc(C(=O)c2ccccc2)cc1. The van der Waals surface area contributed by atoms with Crippen molar-refractivity contribution in [2.75, 3.05) is 10.6 Å². The highest BCUT2D eigenvalue weighted by atomic mass is 35.5. The second-order valence-electron chi connectivity index (χ2n) is 9.04. The molecule has 0 atom stereocenters. The molecule has 7 nitrogen and oxygen atoms in total. The highest BCUT2D eigenvalue weighted by molar-refractivity contribution is 6.36. The molecule has 0 fully saturated rings. The van der Waals surface area contributed by atoms with Crippen LogP contribution >= 0.6 is 11.6 Å². The van der Waals surface area contributed by atoms with Crippen LogP contribution in [-0.4, -0.2) is 27.4 Å². The van der Waals surface area contributed by atoms with E-state index in [0.717, 1.165) is 18.4 Å². The highest BCUT2D eigenvalue weighted by Gasteiger charge is 2.16. The lowest BCUT2D eigenvalue weighted by Gasteiger charge is -2.11. The topological polar surface area (TPSA) is 93.1 Å². The Balaban J connectivity index is 1.24. The molecule has 0 unspecified atom stereocenters. The Labute approximate surface area is 230 Å². The summed E-state index contributed by atoms with van der Waals surface area (Å²) in [5.41, 5.74) is 4.13. The number of benzene rings is 3. The third-order valence-corrected chi connectivity index (χ3v) is 6.70. The minimum Gasteiger partial charge on any atom is -0.322 e. The predicted octanol–water partition coefficient (Wildman–Crippen LogP) is 6.35. The summed E-state index contributed by atoms with van der Waals surface area (Å²) in [6.45, 7) is 0. The number of nitrogens with one attached hydrogen (secondary N) is 2. The summed E-state index contributed by atoms with van der Waals surface area (Å²) in [6.07, 6.45) is 5.31. The number of anilines is 2. The molecule has 39 heavy (non-hydrogen) atoms. The predicted molar refractivity (Wildman–Crippen MR) is 153 cm³/mol. The number of hydrogen-bond acceptors (Lipinski definition) is 4. The van der Waals surface area contributed by atoms with Gasteiger partial charge in [-0.05, 0) is 37.1 Å². The average molecular weight is 537 g/mol. The standard InChI is InChI=1S/C31H25ClN4O3/c1-36-28(34-30(38)23-13-11-22(12-14-23)29(37)21-7-3-2-4-8-21)19-27(35-36)20-15-17-24(18-16-20)33-31(39)25-9-5-6-10-26(25)32/h2-4,7-19H,5-6H2,1H3,(H,33,39)(H,34,38). The third-order valence-electron chi connectivity index (χ3n) is 6.35. The Morgan fingerprint density at radius 2 is 1.41 bits per heavy atom. The third kappa shape index (κ3) is 5.89. The van der Waals surface area contributed by atoms with Crippen LogP contribution in [0, 0.1) is 0 Å². The molecular formula is C31H25ClN4O3. The van der Waals surface area contributed by atoms with Gasteiger partial charge in [0.25, 0.3) is 11.8 Å². The molecule has 1 aliphatic rings. The van der Waals surface area contributed by atoms with Crippen molar-refractivity contribution in [2.24, 2.45) is 7.05 Å². The van der Waals surface area contributed by atoms with E-state index in [4.69, 9.17) is 11.6 Å². The molecule has 0 saturated carbocycles. The van der Waals surface area contributed by atoms with Crippen molar-refractivity contribution in [2.45, 2.75) is 12.8 Å². The molecule has 194 valence electrons. The van der Waals surface area contributed by atoms with Crippen molar-refractivity contribution < 1.29 is 14.4 Å². The monoisotopic (exact) mass is 536 g/mol. The van der Waals surface area contributed by atoms with Gasteiger partial charge >= 0.3 is 0 Å². The van der Waals surface area contributed by atoms with Crippen molar-refractivity contribution in [3.8, 4) is 11.3 Å². The molecule has 1 aliphatic carbocycles. The first-order chi connectivity index (χ1) is 18.9. The largest absolute Gasteiger partial charge is 0.322 e. The number of ketones is 1. The molecule has 4 aromatic rings. The number of amides is 2. The summed E-state index contributed by atoms with van der Waals surface area (Å²) in [5, 5.41) is 10.7. The fourth-order valence-corrected chi connectivity index (χ4v) is 4.48. The quantitative estimate of drug-likeness (QED) is 0.269. The highest BCUT2D eigenvalue weighted by Crippen LogP contribution is 2.26. The van der Waals surface area contributed by atoms with E-state index in [9.17, 15) is 14.4 Å². The molecule has 8 heteroatoms. The van der Waals surface area contributed by atoms with E-state index in [1.807, 2.05) is 42.5 Å². The number of nitrogens with zero attached hydrogens (tertiary/aromatic N) is 2. The number of halogens is 1. The molecule has 2 N–H and O–H groups in total. The maximum Gasteiger partial charge on any atom is 0.256 e. The Morgan fingerprint density at radius 3 is 2.10 bits per heavy atom. The van der Waals surface area contributed by atoms with E-state index in [2.05, 4.69) is 15.7 Å². The van der Waals surface area contributed by atoms with E-state index in [0.29, 0.717) is 44.5 Å². The normalized spacial score (nSPS) is 12.8. The fourth-order valence-electron chi connectivity index (χ4n) is 4.21. The van der Waals surface area contributed by atoms with Crippen LogP contribution in [0.1, 0.15) is 39.1 Å². The van der Waals surface area contributed by atoms with Gasteiger partial charge in [-0.15, -0.1) is 0 Å². The zero-order valence-electron chi connectivity index (χ0n) is 21.1. The van der Waals surface area contributed by atoms with Crippen LogP contribution < -0.4 is 10.6 Å². The molecule has 0 saturated heterocycles. The van der Waals surface area contributed by atoms with E-state index >= 15 is 0 Å². The molecule has 0 bridgehead atoms. The van der Waals surface area contributed by atoms with Gasteiger partial charge in [0.1, 0.15) is 5.82 Å². The Hall–Kier alpha value is -4.75. The van der Waals surface area contributed by atoms with Gasteiger partial charge < -0.3 is 10.6 Å². The van der Waals surface area contributed by atoms with Crippen molar-refractivity contribution in [1.82, 2.24) is 9.78 Å². The van der Waals surface area contributed by atoms with Gasteiger partial charge in [0.15, 0.2) is 5.78 Å². The van der Waals surface area contributed by atoms with Gasteiger partial charge in [-0.1, -0.05) is 78.4 Å².